The van der Waals surface area contributed by atoms with Gasteiger partial charge in [0.25, 0.3) is 0 Å². The van der Waals surface area contributed by atoms with Crippen molar-refractivity contribution in [1.29, 1.82) is 0 Å². The van der Waals surface area contributed by atoms with Crippen LogP contribution in [0.2, 0.25) is 0 Å². The summed E-state index contributed by atoms with van der Waals surface area (Å²) in [6.45, 7) is 0.805. The van der Waals surface area contributed by atoms with Crippen LogP contribution in [0.5, 0.6) is 5.75 Å². The number of aromatic nitrogens is 2. The third kappa shape index (κ3) is 2.20. The fraction of sp³-hybridized carbons (Fsp3) is 0.727. The zero-order valence-electron chi connectivity index (χ0n) is 9.72. The standard InChI is InChI=1S/C11H18N2O3/c1-13-11(10(15-2)7-12-13)9(14)6-8-4-3-5-16-8/h7-9,14H,3-6H2,1-2H3. The lowest BCUT2D eigenvalue weighted by atomic mass is 10.1. The minimum atomic E-state index is -0.578. The molecule has 0 radical (unpaired) electrons. The zero-order valence-corrected chi connectivity index (χ0v) is 9.72. The van der Waals surface area contributed by atoms with Crippen LogP contribution in [0.15, 0.2) is 6.20 Å². The summed E-state index contributed by atoms with van der Waals surface area (Å²) >= 11 is 0. The molecule has 2 unspecified atom stereocenters. The maximum atomic E-state index is 10.1. The van der Waals surface area contributed by atoms with E-state index in [-0.39, 0.29) is 6.10 Å². The molecular weight excluding hydrogens is 208 g/mol. The molecule has 0 saturated carbocycles. The first-order valence-corrected chi connectivity index (χ1v) is 5.58. The Kier molecular flexibility index (Phi) is 3.46. The van der Waals surface area contributed by atoms with Gasteiger partial charge in [0.15, 0.2) is 5.75 Å². The molecule has 0 aromatic carbocycles. The van der Waals surface area contributed by atoms with E-state index in [1.54, 1.807) is 25.0 Å². The van der Waals surface area contributed by atoms with Crippen molar-refractivity contribution in [2.45, 2.75) is 31.5 Å². The van der Waals surface area contributed by atoms with Crippen molar-refractivity contribution in [2.24, 2.45) is 7.05 Å². The van der Waals surface area contributed by atoms with E-state index in [0.717, 1.165) is 25.1 Å². The van der Waals surface area contributed by atoms with Gasteiger partial charge in [-0.1, -0.05) is 0 Å². The second-order valence-electron chi connectivity index (χ2n) is 4.11. The molecule has 2 rings (SSSR count). The molecule has 0 spiro atoms. The van der Waals surface area contributed by atoms with E-state index in [2.05, 4.69) is 5.10 Å². The van der Waals surface area contributed by atoms with Crippen LogP contribution in [-0.2, 0) is 11.8 Å². The van der Waals surface area contributed by atoms with E-state index < -0.39 is 6.10 Å². The maximum Gasteiger partial charge on any atom is 0.162 e. The highest BCUT2D eigenvalue weighted by Gasteiger charge is 2.24. The Labute approximate surface area is 95.0 Å². The first-order chi connectivity index (χ1) is 7.72. The number of methoxy groups -OCH3 is 1. The Morgan fingerprint density at radius 1 is 1.75 bits per heavy atom. The van der Waals surface area contributed by atoms with Gasteiger partial charge in [0.1, 0.15) is 11.8 Å². The molecule has 1 N–H and O–H groups in total. The molecule has 1 aromatic rings. The van der Waals surface area contributed by atoms with Crippen molar-refractivity contribution in [1.82, 2.24) is 9.78 Å². The second kappa shape index (κ2) is 4.84. The number of aliphatic hydroxyl groups excluding tert-OH is 1. The monoisotopic (exact) mass is 226 g/mol. The molecule has 0 amide bonds. The third-order valence-corrected chi connectivity index (χ3v) is 2.99. The summed E-state index contributed by atoms with van der Waals surface area (Å²) in [5, 5.41) is 14.2. The molecule has 90 valence electrons. The third-order valence-electron chi connectivity index (χ3n) is 2.99. The van der Waals surface area contributed by atoms with E-state index in [1.165, 1.54) is 0 Å². The number of ether oxygens (including phenoxy) is 2. The van der Waals surface area contributed by atoms with Crippen molar-refractivity contribution in [3.05, 3.63) is 11.9 Å². The molecule has 5 nitrogen and oxygen atoms in total. The Hall–Kier alpha value is -1.07. The molecule has 1 aliphatic rings. The van der Waals surface area contributed by atoms with Crippen molar-refractivity contribution in [2.75, 3.05) is 13.7 Å². The average molecular weight is 226 g/mol. The SMILES string of the molecule is COc1cnn(C)c1C(O)CC1CCCO1. The van der Waals surface area contributed by atoms with Gasteiger partial charge in [-0.3, -0.25) is 4.68 Å². The lowest BCUT2D eigenvalue weighted by Gasteiger charge is -2.16. The molecule has 5 heteroatoms. The van der Waals surface area contributed by atoms with Gasteiger partial charge in [0, 0.05) is 20.1 Å². The minimum Gasteiger partial charge on any atom is -0.493 e. The number of aryl methyl sites for hydroxylation is 1. The Balaban J connectivity index is 2.06. The van der Waals surface area contributed by atoms with Crippen LogP contribution >= 0.6 is 0 Å². The number of hydrogen-bond donors (Lipinski definition) is 1. The quantitative estimate of drug-likeness (QED) is 0.833. The second-order valence-corrected chi connectivity index (χ2v) is 4.11. The normalized spacial score (nSPS) is 22.3. The Morgan fingerprint density at radius 2 is 2.56 bits per heavy atom. The number of aliphatic hydroxyl groups is 1. The molecular formula is C11H18N2O3. The summed E-state index contributed by atoms with van der Waals surface area (Å²) < 4.78 is 12.3. The topological polar surface area (TPSA) is 56.5 Å². The van der Waals surface area contributed by atoms with Gasteiger partial charge in [-0.2, -0.15) is 5.10 Å². The minimum absolute atomic E-state index is 0.162. The molecule has 1 aliphatic heterocycles. The summed E-state index contributed by atoms with van der Waals surface area (Å²) in [5.74, 6) is 0.632. The van der Waals surface area contributed by atoms with Crippen molar-refractivity contribution < 1.29 is 14.6 Å². The van der Waals surface area contributed by atoms with E-state index >= 15 is 0 Å². The maximum absolute atomic E-state index is 10.1. The van der Waals surface area contributed by atoms with E-state index in [1.807, 2.05) is 0 Å². The number of nitrogens with zero attached hydrogens (tertiary/aromatic N) is 2. The van der Waals surface area contributed by atoms with E-state index in [9.17, 15) is 5.11 Å². The van der Waals surface area contributed by atoms with Crippen LogP contribution in [0.3, 0.4) is 0 Å². The van der Waals surface area contributed by atoms with Gasteiger partial charge in [-0.15, -0.1) is 0 Å². The highest BCUT2D eigenvalue weighted by molar-refractivity contribution is 5.27. The zero-order chi connectivity index (χ0) is 11.5. The van der Waals surface area contributed by atoms with E-state index in [4.69, 9.17) is 9.47 Å². The van der Waals surface area contributed by atoms with Gasteiger partial charge in [0.05, 0.1) is 19.4 Å². The molecule has 2 heterocycles. The van der Waals surface area contributed by atoms with Crippen LogP contribution in [-0.4, -0.2) is 34.7 Å². The Morgan fingerprint density at radius 3 is 3.19 bits per heavy atom. The van der Waals surface area contributed by atoms with Crippen LogP contribution < -0.4 is 4.74 Å². The molecule has 16 heavy (non-hydrogen) atoms. The molecule has 2 atom stereocenters. The van der Waals surface area contributed by atoms with Crippen molar-refractivity contribution in [3.8, 4) is 5.75 Å². The van der Waals surface area contributed by atoms with Gasteiger partial charge in [0.2, 0.25) is 0 Å². The van der Waals surface area contributed by atoms with Gasteiger partial charge >= 0.3 is 0 Å². The largest absolute Gasteiger partial charge is 0.493 e. The van der Waals surface area contributed by atoms with Gasteiger partial charge in [-0.25, -0.2) is 0 Å². The molecule has 1 fully saturated rings. The van der Waals surface area contributed by atoms with Gasteiger partial charge < -0.3 is 14.6 Å². The highest BCUT2D eigenvalue weighted by Crippen LogP contribution is 2.30. The first kappa shape index (κ1) is 11.4. The van der Waals surface area contributed by atoms with Crippen LogP contribution in [0.1, 0.15) is 31.1 Å². The Bertz CT molecular complexity index is 345. The number of rotatable bonds is 4. The molecule has 1 aromatic heterocycles. The summed E-state index contributed by atoms with van der Waals surface area (Å²) in [6.07, 6.45) is 3.92. The smallest absolute Gasteiger partial charge is 0.162 e. The summed E-state index contributed by atoms with van der Waals surface area (Å²) in [5.41, 5.74) is 0.720. The van der Waals surface area contributed by atoms with Crippen LogP contribution in [0, 0.1) is 0 Å². The lowest BCUT2D eigenvalue weighted by molar-refractivity contribution is 0.0495. The van der Waals surface area contributed by atoms with E-state index in [0.29, 0.717) is 12.2 Å². The summed E-state index contributed by atoms with van der Waals surface area (Å²) in [6, 6.07) is 0. The summed E-state index contributed by atoms with van der Waals surface area (Å²) in [4.78, 5) is 0. The average Bonchev–Trinajstić information content (AvgIpc) is 2.87. The molecule has 1 saturated heterocycles. The van der Waals surface area contributed by atoms with Gasteiger partial charge in [-0.05, 0) is 12.8 Å². The fourth-order valence-corrected chi connectivity index (χ4v) is 2.15. The molecule has 0 aliphatic carbocycles. The molecule has 0 bridgehead atoms. The van der Waals surface area contributed by atoms with Crippen molar-refractivity contribution in [3.63, 3.8) is 0 Å². The predicted octanol–water partition coefficient (Wildman–Crippen LogP) is 1.03. The van der Waals surface area contributed by atoms with Crippen LogP contribution in [0.4, 0.5) is 0 Å². The highest BCUT2D eigenvalue weighted by atomic mass is 16.5. The van der Waals surface area contributed by atoms with Crippen molar-refractivity contribution >= 4 is 0 Å². The first-order valence-electron chi connectivity index (χ1n) is 5.58. The number of hydrogen-bond acceptors (Lipinski definition) is 4. The predicted molar refractivity (Wildman–Crippen MR) is 58.3 cm³/mol. The lowest BCUT2D eigenvalue weighted by Crippen LogP contribution is -2.14. The van der Waals surface area contributed by atoms with Crippen LogP contribution in [0.25, 0.3) is 0 Å². The fourth-order valence-electron chi connectivity index (χ4n) is 2.15. The summed E-state index contributed by atoms with van der Waals surface area (Å²) in [7, 11) is 3.38.